The summed E-state index contributed by atoms with van der Waals surface area (Å²) in [4.78, 5) is 27.7. The Morgan fingerprint density at radius 3 is 2.31 bits per heavy atom. The highest BCUT2D eigenvalue weighted by Crippen LogP contribution is 2.42. The van der Waals surface area contributed by atoms with Crippen LogP contribution in [-0.4, -0.2) is 22.9 Å². The highest BCUT2D eigenvalue weighted by molar-refractivity contribution is 9.10. The molecule has 32 heavy (non-hydrogen) atoms. The lowest BCUT2D eigenvalue weighted by Crippen LogP contribution is -2.29. The summed E-state index contributed by atoms with van der Waals surface area (Å²) in [5.41, 5.74) is 1.75. The van der Waals surface area contributed by atoms with E-state index in [-0.39, 0.29) is 17.4 Å². The van der Waals surface area contributed by atoms with E-state index in [0.717, 1.165) is 4.47 Å². The minimum atomic E-state index is -0.795. The SMILES string of the molecule is CC(C)Oc1cccc(C2/C(=C(/O)c3ccc(Br)cc3)C(=O)C(=O)N2c2ccccc2)c1. The number of ketones is 1. The monoisotopic (exact) mass is 491 g/mol. The molecule has 1 amide bonds. The van der Waals surface area contributed by atoms with Crippen LogP contribution in [0.1, 0.15) is 31.0 Å². The molecular weight excluding hydrogens is 470 g/mol. The maximum absolute atomic E-state index is 13.2. The van der Waals surface area contributed by atoms with Crippen molar-refractivity contribution in [3.8, 4) is 5.75 Å². The third-order valence-corrected chi connectivity index (χ3v) is 5.67. The van der Waals surface area contributed by atoms with Crippen molar-refractivity contribution in [3.63, 3.8) is 0 Å². The molecule has 1 unspecified atom stereocenters. The van der Waals surface area contributed by atoms with E-state index < -0.39 is 17.7 Å². The average molecular weight is 492 g/mol. The van der Waals surface area contributed by atoms with Crippen molar-refractivity contribution in [1.29, 1.82) is 0 Å². The topological polar surface area (TPSA) is 66.8 Å². The fourth-order valence-corrected chi connectivity index (χ4v) is 4.06. The molecule has 162 valence electrons. The summed E-state index contributed by atoms with van der Waals surface area (Å²) in [6.07, 6.45) is -0.0338. The van der Waals surface area contributed by atoms with Crippen LogP contribution in [0.25, 0.3) is 5.76 Å². The number of rotatable bonds is 5. The predicted molar refractivity (Wildman–Crippen MR) is 128 cm³/mol. The van der Waals surface area contributed by atoms with E-state index in [4.69, 9.17) is 4.74 Å². The molecule has 1 fully saturated rings. The van der Waals surface area contributed by atoms with Gasteiger partial charge >= 0.3 is 0 Å². The Kier molecular flexibility index (Phi) is 6.15. The van der Waals surface area contributed by atoms with E-state index in [0.29, 0.717) is 22.6 Å². The number of nitrogens with zero attached hydrogens (tertiary/aromatic N) is 1. The largest absolute Gasteiger partial charge is 0.507 e. The van der Waals surface area contributed by atoms with Gasteiger partial charge in [0.15, 0.2) is 0 Å². The van der Waals surface area contributed by atoms with E-state index in [2.05, 4.69) is 15.9 Å². The van der Waals surface area contributed by atoms with E-state index >= 15 is 0 Å². The summed E-state index contributed by atoms with van der Waals surface area (Å²) < 4.78 is 6.67. The van der Waals surface area contributed by atoms with Gasteiger partial charge in [0.05, 0.1) is 17.7 Å². The van der Waals surface area contributed by atoms with Gasteiger partial charge in [0.25, 0.3) is 11.7 Å². The quantitative estimate of drug-likeness (QED) is 0.275. The van der Waals surface area contributed by atoms with Crippen LogP contribution in [0, 0.1) is 0 Å². The van der Waals surface area contributed by atoms with Crippen LogP contribution < -0.4 is 9.64 Å². The number of hydrogen-bond donors (Lipinski definition) is 1. The molecule has 5 nitrogen and oxygen atoms in total. The van der Waals surface area contributed by atoms with Gasteiger partial charge < -0.3 is 9.84 Å². The van der Waals surface area contributed by atoms with Crippen LogP contribution in [0.2, 0.25) is 0 Å². The minimum absolute atomic E-state index is 0.0338. The smallest absolute Gasteiger partial charge is 0.300 e. The van der Waals surface area contributed by atoms with Crippen LogP contribution >= 0.6 is 15.9 Å². The first kappa shape index (κ1) is 21.8. The number of ether oxygens (including phenoxy) is 1. The first-order valence-electron chi connectivity index (χ1n) is 10.3. The highest BCUT2D eigenvalue weighted by atomic mass is 79.9. The van der Waals surface area contributed by atoms with Gasteiger partial charge in [-0.05, 0) is 55.8 Å². The number of carbonyl (C=O) groups is 2. The molecule has 1 aliphatic heterocycles. The fraction of sp³-hybridized carbons (Fsp3) is 0.154. The van der Waals surface area contributed by atoms with Crippen LogP contribution in [0.3, 0.4) is 0 Å². The van der Waals surface area contributed by atoms with E-state index in [1.54, 1.807) is 54.6 Å². The van der Waals surface area contributed by atoms with Gasteiger partial charge in [-0.15, -0.1) is 0 Å². The second-order valence-electron chi connectivity index (χ2n) is 7.75. The maximum Gasteiger partial charge on any atom is 0.300 e. The molecule has 0 spiro atoms. The number of Topliss-reactive ketones (excluding diaryl/α,β-unsaturated/α-hetero) is 1. The molecular formula is C26H22BrNO4. The fourth-order valence-electron chi connectivity index (χ4n) is 3.80. The summed E-state index contributed by atoms with van der Waals surface area (Å²) in [6.45, 7) is 3.85. The number of para-hydroxylation sites is 1. The average Bonchev–Trinajstić information content (AvgIpc) is 3.05. The Bertz CT molecular complexity index is 1190. The molecule has 1 atom stereocenters. The Labute approximate surface area is 195 Å². The zero-order chi connectivity index (χ0) is 22.8. The summed E-state index contributed by atoms with van der Waals surface area (Å²) in [6, 6.07) is 22.4. The van der Waals surface area contributed by atoms with Crippen molar-refractivity contribution in [2.24, 2.45) is 0 Å². The molecule has 0 saturated carbocycles. The minimum Gasteiger partial charge on any atom is -0.507 e. The molecule has 1 N–H and O–H groups in total. The third-order valence-electron chi connectivity index (χ3n) is 5.14. The molecule has 6 heteroatoms. The van der Waals surface area contributed by atoms with E-state index in [1.807, 2.05) is 38.1 Å². The zero-order valence-corrected chi connectivity index (χ0v) is 19.2. The van der Waals surface area contributed by atoms with Gasteiger partial charge in [0.1, 0.15) is 11.5 Å². The second-order valence-corrected chi connectivity index (χ2v) is 8.67. The van der Waals surface area contributed by atoms with Crippen molar-refractivity contribution in [3.05, 3.63) is 100 Å². The van der Waals surface area contributed by atoms with Crippen LogP contribution in [0.4, 0.5) is 5.69 Å². The number of anilines is 1. The summed E-state index contributed by atoms with van der Waals surface area (Å²) in [5, 5.41) is 11.1. The predicted octanol–water partition coefficient (Wildman–Crippen LogP) is 5.86. The lowest BCUT2D eigenvalue weighted by Gasteiger charge is -2.26. The van der Waals surface area contributed by atoms with E-state index in [9.17, 15) is 14.7 Å². The molecule has 1 saturated heterocycles. The van der Waals surface area contributed by atoms with Gasteiger partial charge in [0.2, 0.25) is 0 Å². The Morgan fingerprint density at radius 2 is 1.66 bits per heavy atom. The van der Waals surface area contributed by atoms with Crippen LogP contribution in [-0.2, 0) is 9.59 Å². The van der Waals surface area contributed by atoms with Gasteiger partial charge in [-0.25, -0.2) is 0 Å². The zero-order valence-electron chi connectivity index (χ0n) is 17.7. The Balaban J connectivity index is 1.92. The molecule has 0 aliphatic carbocycles. The first-order valence-corrected chi connectivity index (χ1v) is 11.0. The molecule has 4 rings (SSSR count). The van der Waals surface area contributed by atoms with Crippen LogP contribution in [0.5, 0.6) is 5.75 Å². The summed E-state index contributed by atoms with van der Waals surface area (Å²) in [5.74, 6) is -1.00. The standard InChI is InChI=1S/C26H22BrNO4/c1-16(2)32-21-10-6-7-18(15-21)23-22(24(29)17-11-13-19(27)14-12-17)25(30)26(31)28(23)20-8-4-3-5-9-20/h3-16,23,29H,1-2H3/b24-22-. The van der Waals surface area contributed by atoms with Crippen molar-refractivity contribution in [2.45, 2.75) is 26.0 Å². The maximum atomic E-state index is 13.2. The number of amides is 1. The van der Waals surface area contributed by atoms with Gasteiger partial charge in [-0.2, -0.15) is 0 Å². The summed E-state index contributed by atoms with van der Waals surface area (Å²) in [7, 11) is 0. The number of hydrogen-bond acceptors (Lipinski definition) is 4. The molecule has 0 aromatic heterocycles. The van der Waals surface area contributed by atoms with Gasteiger partial charge in [-0.1, -0.05) is 58.4 Å². The number of halogens is 1. The molecule has 1 heterocycles. The van der Waals surface area contributed by atoms with Crippen molar-refractivity contribution >= 4 is 39.1 Å². The van der Waals surface area contributed by atoms with Crippen molar-refractivity contribution in [1.82, 2.24) is 0 Å². The van der Waals surface area contributed by atoms with Crippen molar-refractivity contribution < 1.29 is 19.4 Å². The summed E-state index contributed by atoms with van der Waals surface area (Å²) >= 11 is 3.37. The van der Waals surface area contributed by atoms with Gasteiger partial charge in [-0.3, -0.25) is 14.5 Å². The highest BCUT2D eigenvalue weighted by Gasteiger charge is 2.47. The normalized spacial score (nSPS) is 17.8. The first-order chi connectivity index (χ1) is 15.4. The lowest BCUT2D eigenvalue weighted by atomic mass is 9.95. The lowest BCUT2D eigenvalue weighted by molar-refractivity contribution is -0.132. The van der Waals surface area contributed by atoms with Crippen molar-refractivity contribution in [2.75, 3.05) is 4.90 Å². The number of benzene rings is 3. The third kappa shape index (κ3) is 4.18. The molecule has 3 aromatic rings. The number of aliphatic hydroxyl groups is 1. The Morgan fingerprint density at radius 1 is 0.969 bits per heavy atom. The Hall–Kier alpha value is -3.38. The molecule has 1 aliphatic rings. The molecule has 0 radical (unpaired) electrons. The second kappa shape index (κ2) is 9.01. The molecule has 0 bridgehead atoms. The molecule has 3 aromatic carbocycles. The van der Waals surface area contributed by atoms with Gasteiger partial charge in [0, 0.05) is 15.7 Å². The number of carbonyl (C=O) groups excluding carboxylic acids is 2. The van der Waals surface area contributed by atoms with Crippen LogP contribution in [0.15, 0.2) is 88.9 Å². The number of aliphatic hydroxyl groups excluding tert-OH is 1. The van der Waals surface area contributed by atoms with E-state index in [1.165, 1.54) is 4.90 Å².